The van der Waals surface area contributed by atoms with Crippen molar-refractivity contribution < 1.29 is 4.39 Å². The van der Waals surface area contributed by atoms with Crippen LogP contribution in [0.4, 0.5) is 21.5 Å². The van der Waals surface area contributed by atoms with Crippen molar-refractivity contribution in [2.45, 2.75) is 0 Å². The molecule has 0 fully saturated rings. The fourth-order valence-electron chi connectivity index (χ4n) is 10.2. The van der Waals surface area contributed by atoms with E-state index in [4.69, 9.17) is 0 Å². The number of hydrogen-bond donors (Lipinski definition) is 0. The van der Waals surface area contributed by atoms with Crippen LogP contribution in [0.2, 0.25) is 0 Å². The van der Waals surface area contributed by atoms with Crippen LogP contribution < -0.4 is 25.6 Å². The van der Waals surface area contributed by atoms with Crippen molar-refractivity contribution in [2.24, 2.45) is 0 Å². The minimum absolute atomic E-state index is 0.295. The highest BCUT2D eigenvalue weighted by atomic mass is 79.9. The maximum absolute atomic E-state index is 15.4. The first-order valence-electron chi connectivity index (χ1n) is 20.3. The molecule has 1 aliphatic heterocycles. The van der Waals surface area contributed by atoms with E-state index in [2.05, 4.69) is 234 Å². The number of anilines is 3. The van der Waals surface area contributed by atoms with Crippen LogP contribution in [0.15, 0.2) is 215 Å². The molecule has 2 aromatic heterocycles. The first-order valence-corrected chi connectivity index (χ1v) is 23.9. The van der Waals surface area contributed by atoms with E-state index in [9.17, 15) is 0 Å². The Morgan fingerprint density at radius 3 is 1.38 bits per heavy atom. The third kappa shape index (κ3) is 5.30. The van der Waals surface area contributed by atoms with Crippen LogP contribution >= 0.6 is 31.9 Å². The fourth-order valence-corrected chi connectivity index (χ4v) is 16.5. The van der Waals surface area contributed by atoms with Gasteiger partial charge in [-0.1, -0.05) is 127 Å². The lowest BCUT2D eigenvalue weighted by molar-refractivity contribution is 0.627. The fraction of sp³-hybridized carbons (Fsp3) is 0. The standard InChI is InChI=1S/C54H34Br2FN3Si/c55-44-31-30-35(57)32-51(44)60-50-27-9-10-28-52(50)61(53-29-13-22-45(56)54(53)60,38-16-11-14-36(33-38)58-46-23-5-1-18-40(46)41-19-2-6-24-47(41)58)39-17-12-15-37(34-39)59-48-25-7-3-20-42(48)43-21-4-8-26-49(43)59/h1-34H. The molecular formula is C54H34Br2FN3Si. The van der Waals surface area contributed by atoms with Gasteiger partial charge in [-0.25, -0.2) is 4.39 Å². The largest absolute Gasteiger partial charge is 0.309 e. The SMILES string of the molecule is Fc1ccc(Br)c(N2c3ccccc3[Si](c3cccc(-n4c5ccccc5c5ccccc54)c3)(c3cccc(-n4c5ccccc5c5ccccc54)c3)c3cccc(Br)c32)c1. The summed E-state index contributed by atoms with van der Waals surface area (Å²) in [6.07, 6.45) is 0. The summed E-state index contributed by atoms with van der Waals surface area (Å²) in [6.45, 7) is 0. The van der Waals surface area contributed by atoms with Crippen LogP contribution in [0.3, 0.4) is 0 Å². The monoisotopic (exact) mass is 929 g/mol. The average molecular weight is 932 g/mol. The maximum Gasteiger partial charge on any atom is 0.184 e. The molecule has 0 spiro atoms. The second-order valence-electron chi connectivity index (χ2n) is 15.7. The zero-order valence-corrected chi connectivity index (χ0v) is 36.8. The van der Waals surface area contributed by atoms with E-state index in [1.54, 1.807) is 12.1 Å². The summed E-state index contributed by atoms with van der Waals surface area (Å²) >= 11 is 7.91. The number of rotatable bonds is 5. The Hall–Kier alpha value is -6.51. The first kappa shape index (κ1) is 36.3. The van der Waals surface area contributed by atoms with E-state index >= 15 is 4.39 Å². The van der Waals surface area contributed by atoms with Gasteiger partial charge in [0.25, 0.3) is 0 Å². The second-order valence-corrected chi connectivity index (χ2v) is 21.1. The van der Waals surface area contributed by atoms with Crippen molar-refractivity contribution in [3.63, 3.8) is 0 Å². The Bertz CT molecular complexity index is 3310. The van der Waals surface area contributed by atoms with Crippen LogP contribution in [-0.4, -0.2) is 17.2 Å². The van der Waals surface area contributed by atoms with Crippen LogP contribution in [0.5, 0.6) is 0 Å². The number of fused-ring (bicyclic) bond motifs is 8. The van der Waals surface area contributed by atoms with Gasteiger partial charge in [0.2, 0.25) is 0 Å². The molecule has 0 bridgehead atoms. The molecule has 0 radical (unpaired) electrons. The number of hydrogen-bond acceptors (Lipinski definition) is 1. The Morgan fingerprint density at radius 2 is 0.836 bits per heavy atom. The molecule has 1 aliphatic rings. The highest BCUT2D eigenvalue weighted by Gasteiger charge is 2.50. The molecule has 0 saturated carbocycles. The molecule has 11 aromatic rings. The van der Waals surface area contributed by atoms with Gasteiger partial charge in [-0.3, -0.25) is 0 Å². The number of aromatic nitrogens is 2. The van der Waals surface area contributed by atoms with E-state index in [0.717, 1.165) is 37.4 Å². The van der Waals surface area contributed by atoms with E-state index in [0.29, 0.717) is 0 Å². The Kier molecular flexibility index (Phi) is 8.36. The van der Waals surface area contributed by atoms with Crippen molar-refractivity contribution in [1.82, 2.24) is 9.13 Å². The normalized spacial score (nSPS) is 13.3. The summed E-state index contributed by atoms with van der Waals surface area (Å²) in [5.41, 5.74) is 9.63. The summed E-state index contributed by atoms with van der Waals surface area (Å²) in [5.74, 6) is -0.295. The van der Waals surface area contributed by atoms with E-state index in [1.807, 2.05) is 0 Å². The highest BCUT2D eigenvalue weighted by Crippen LogP contribution is 2.45. The van der Waals surface area contributed by atoms with Gasteiger partial charge in [0, 0.05) is 47.6 Å². The van der Waals surface area contributed by atoms with Gasteiger partial charge in [-0.2, -0.15) is 0 Å². The molecule has 0 amide bonds. The van der Waals surface area contributed by atoms with Gasteiger partial charge in [-0.05, 0) is 131 Å². The Balaban J connectivity index is 1.21. The lowest BCUT2D eigenvalue weighted by atomic mass is 10.1. The van der Waals surface area contributed by atoms with Crippen LogP contribution in [0.25, 0.3) is 55.0 Å². The van der Waals surface area contributed by atoms with Crippen molar-refractivity contribution in [3.05, 3.63) is 221 Å². The lowest BCUT2D eigenvalue weighted by Gasteiger charge is -2.45. The second kappa shape index (κ2) is 14.0. The minimum atomic E-state index is -3.28. The molecular weight excluding hydrogens is 898 g/mol. The molecule has 0 unspecified atom stereocenters. The number of halogens is 3. The molecule has 290 valence electrons. The molecule has 0 saturated heterocycles. The van der Waals surface area contributed by atoms with E-state index in [1.165, 1.54) is 70.4 Å². The summed E-state index contributed by atoms with van der Waals surface area (Å²) in [5, 5.41) is 9.81. The first-order chi connectivity index (χ1) is 30.0. The van der Waals surface area contributed by atoms with E-state index < -0.39 is 8.07 Å². The summed E-state index contributed by atoms with van der Waals surface area (Å²) < 4.78 is 22.0. The molecule has 0 atom stereocenters. The Labute approximate surface area is 369 Å². The molecule has 9 aromatic carbocycles. The van der Waals surface area contributed by atoms with E-state index in [-0.39, 0.29) is 5.82 Å². The average Bonchev–Trinajstić information content (AvgIpc) is 3.83. The van der Waals surface area contributed by atoms with Crippen LogP contribution in [0.1, 0.15) is 0 Å². The molecule has 3 nitrogen and oxygen atoms in total. The van der Waals surface area contributed by atoms with Crippen molar-refractivity contribution in [1.29, 1.82) is 0 Å². The smallest absolute Gasteiger partial charge is 0.184 e. The zero-order valence-electron chi connectivity index (χ0n) is 32.6. The van der Waals surface area contributed by atoms with Gasteiger partial charge in [0.05, 0.1) is 33.4 Å². The quantitative estimate of drug-likeness (QED) is 0.157. The predicted octanol–water partition coefficient (Wildman–Crippen LogP) is 12.7. The number of benzene rings is 9. The summed E-state index contributed by atoms with van der Waals surface area (Å²) in [7, 11) is -3.28. The van der Waals surface area contributed by atoms with Crippen molar-refractivity contribution in [3.8, 4) is 11.4 Å². The molecule has 3 heterocycles. The minimum Gasteiger partial charge on any atom is -0.309 e. The third-order valence-electron chi connectivity index (χ3n) is 12.5. The molecule has 7 heteroatoms. The lowest BCUT2D eigenvalue weighted by Crippen LogP contribution is -2.77. The highest BCUT2D eigenvalue weighted by molar-refractivity contribution is 9.11. The Morgan fingerprint density at radius 1 is 0.377 bits per heavy atom. The number of para-hydroxylation sites is 6. The van der Waals surface area contributed by atoms with Gasteiger partial charge in [-0.15, -0.1) is 0 Å². The summed E-state index contributed by atoms with van der Waals surface area (Å²) in [6, 6.07) is 73.6. The van der Waals surface area contributed by atoms with Crippen LogP contribution in [-0.2, 0) is 0 Å². The van der Waals surface area contributed by atoms with Gasteiger partial charge in [0.1, 0.15) is 5.82 Å². The molecule has 12 rings (SSSR count). The van der Waals surface area contributed by atoms with Gasteiger partial charge < -0.3 is 14.0 Å². The van der Waals surface area contributed by atoms with Gasteiger partial charge in [0.15, 0.2) is 8.07 Å². The van der Waals surface area contributed by atoms with Gasteiger partial charge >= 0.3 is 0 Å². The molecule has 0 aliphatic carbocycles. The molecule has 61 heavy (non-hydrogen) atoms. The van der Waals surface area contributed by atoms with Crippen LogP contribution in [0, 0.1) is 5.82 Å². The third-order valence-corrected chi connectivity index (χ3v) is 18.7. The number of nitrogens with zero attached hydrogens (tertiary/aromatic N) is 3. The van der Waals surface area contributed by atoms with Crippen molar-refractivity contribution in [2.75, 3.05) is 4.90 Å². The van der Waals surface area contributed by atoms with Crippen molar-refractivity contribution >= 4 is 121 Å². The zero-order chi connectivity index (χ0) is 40.8. The topological polar surface area (TPSA) is 13.1 Å². The summed E-state index contributed by atoms with van der Waals surface area (Å²) in [4.78, 5) is 2.24. The maximum atomic E-state index is 15.4. The molecule has 0 N–H and O–H groups in total. The predicted molar refractivity (Wildman–Crippen MR) is 262 cm³/mol.